The zero-order valence-corrected chi connectivity index (χ0v) is 13.6. The molecule has 1 saturated heterocycles. The van der Waals surface area contributed by atoms with Gasteiger partial charge in [-0.2, -0.15) is 5.10 Å². The minimum absolute atomic E-state index is 0.327. The highest BCUT2D eigenvalue weighted by Crippen LogP contribution is 2.27. The Balaban J connectivity index is 1.70. The standard InChI is InChI=1S/C16H24N6/c1-16(2,3)11-22-8-4-5-12(10-22)14-19-15(21-20-14)13-9-17-6-7-18-13/h6-7,9,12H,4-5,8,10-11H2,1-3H3,(H,19,20,21)/t12-/m0/s1. The molecule has 0 saturated carbocycles. The molecule has 1 N–H and O–H groups in total. The van der Waals surface area contributed by atoms with Gasteiger partial charge in [-0.3, -0.25) is 10.1 Å². The van der Waals surface area contributed by atoms with E-state index in [1.807, 2.05) is 0 Å². The van der Waals surface area contributed by atoms with Crippen LogP contribution in [0.5, 0.6) is 0 Å². The Hall–Kier alpha value is -1.82. The molecular weight excluding hydrogens is 276 g/mol. The summed E-state index contributed by atoms with van der Waals surface area (Å²) >= 11 is 0. The van der Waals surface area contributed by atoms with E-state index >= 15 is 0 Å². The van der Waals surface area contributed by atoms with Gasteiger partial charge >= 0.3 is 0 Å². The van der Waals surface area contributed by atoms with Gasteiger partial charge in [0.1, 0.15) is 11.5 Å². The normalized spacial score (nSPS) is 20.2. The van der Waals surface area contributed by atoms with Crippen LogP contribution in [0.4, 0.5) is 0 Å². The van der Waals surface area contributed by atoms with Crippen molar-refractivity contribution in [3.05, 3.63) is 24.4 Å². The molecule has 6 heteroatoms. The van der Waals surface area contributed by atoms with Gasteiger partial charge in [0, 0.05) is 31.4 Å². The van der Waals surface area contributed by atoms with Crippen molar-refractivity contribution in [3.8, 4) is 11.5 Å². The molecule has 0 unspecified atom stereocenters. The van der Waals surface area contributed by atoms with Crippen LogP contribution in [0.3, 0.4) is 0 Å². The van der Waals surface area contributed by atoms with Crippen LogP contribution in [0.2, 0.25) is 0 Å². The Kier molecular flexibility index (Phi) is 4.20. The molecule has 3 rings (SSSR count). The maximum Gasteiger partial charge on any atom is 0.201 e. The van der Waals surface area contributed by atoms with Crippen LogP contribution in [0, 0.1) is 5.41 Å². The predicted molar refractivity (Wildman–Crippen MR) is 85.3 cm³/mol. The van der Waals surface area contributed by atoms with Gasteiger partial charge in [0.05, 0.1) is 6.20 Å². The van der Waals surface area contributed by atoms with Gasteiger partial charge < -0.3 is 4.90 Å². The second kappa shape index (κ2) is 6.12. The quantitative estimate of drug-likeness (QED) is 0.943. The molecule has 2 aromatic rings. The molecular formula is C16H24N6. The molecule has 0 aromatic carbocycles. The molecule has 0 radical (unpaired) electrons. The molecule has 1 aliphatic rings. The molecule has 2 aromatic heterocycles. The predicted octanol–water partition coefficient (Wildman–Crippen LogP) is 2.49. The van der Waals surface area contributed by atoms with Crippen molar-refractivity contribution in [1.29, 1.82) is 0 Å². The second-order valence-corrected chi connectivity index (χ2v) is 7.27. The number of likely N-dealkylation sites (tertiary alicyclic amines) is 1. The van der Waals surface area contributed by atoms with E-state index in [0.717, 1.165) is 25.3 Å². The number of nitrogens with one attached hydrogen (secondary N) is 1. The summed E-state index contributed by atoms with van der Waals surface area (Å²) in [6, 6.07) is 0. The van der Waals surface area contributed by atoms with Crippen molar-refractivity contribution in [2.24, 2.45) is 5.41 Å². The van der Waals surface area contributed by atoms with Crippen LogP contribution in [-0.4, -0.2) is 49.7 Å². The summed E-state index contributed by atoms with van der Waals surface area (Å²) in [6.45, 7) is 10.2. The molecule has 1 fully saturated rings. The summed E-state index contributed by atoms with van der Waals surface area (Å²) < 4.78 is 0. The minimum Gasteiger partial charge on any atom is -0.302 e. The molecule has 1 aliphatic heterocycles. The zero-order valence-electron chi connectivity index (χ0n) is 13.6. The van der Waals surface area contributed by atoms with Gasteiger partial charge in [0.15, 0.2) is 0 Å². The molecule has 0 amide bonds. The summed E-state index contributed by atoms with van der Waals surface area (Å²) in [6.07, 6.45) is 7.39. The lowest BCUT2D eigenvalue weighted by Crippen LogP contribution is -2.39. The van der Waals surface area contributed by atoms with Crippen molar-refractivity contribution in [2.45, 2.75) is 39.5 Å². The second-order valence-electron chi connectivity index (χ2n) is 7.27. The third-order valence-corrected chi connectivity index (χ3v) is 3.89. The molecule has 0 spiro atoms. The van der Waals surface area contributed by atoms with E-state index in [4.69, 9.17) is 0 Å². The molecule has 22 heavy (non-hydrogen) atoms. The number of aromatic nitrogens is 5. The fourth-order valence-electron chi connectivity index (χ4n) is 3.08. The topological polar surface area (TPSA) is 70.6 Å². The van der Waals surface area contributed by atoms with E-state index in [-0.39, 0.29) is 0 Å². The summed E-state index contributed by atoms with van der Waals surface area (Å²) in [5.74, 6) is 2.03. The van der Waals surface area contributed by atoms with Crippen molar-refractivity contribution in [2.75, 3.05) is 19.6 Å². The van der Waals surface area contributed by atoms with Crippen LogP contribution >= 0.6 is 0 Å². The Morgan fingerprint density at radius 3 is 2.91 bits per heavy atom. The van der Waals surface area contributed by atoms with E-state index < -0.39 is 0 Å². The average molecular weight is 300 g/mol. The monoisotopic (exact) mass is 300 g/mol. The highest BCUT2D eigenvalue weighted by Gasteiger charge is 2.26. The van der Waals surface area contributed by atoms with Gasteiger partial charge in [-0.1, -0.05) is 20.8 Å². The van der Waals surface area contributed by atoms with Crippen molar-refractivity contribution in [3.63, 3.8) is 0 Å². The first-order chi connectivity index (χ1) is 10.5. The highest BCUT2D eigenvalue weighted by molar-refractivity contribution is 5.46. The lowest BCUT2D eigenvalue weighted by atomic mass is 9.92. The van der Waals surface area contributed by atoms with Gasteiger partial charge in [-0.25, -0.2) is 9.97 Å². The third kappa shape index (κ3) is 3.68. The lowest BCUT2D eigenvalue weighted by Gasteiger charge is -2.35. The van der Waals surface area contributed by atoms with Crippen LogP contribution in [0.25, 0.3) is 11.5 Å². The van der Waals surface area contributed by atoms with Gasteiger partial charge in [-0.15, -0.1) is 0 Å². The molecule has 6 nitrogen and oxygen atoms in total. The van der Waals surface area contributed by atoms with Gasteiger partial charge in [-0.05, 0) is 24.8 Å². The van der Waals surface area contributed by atoms with Crippen molar-refractivity contribution < 1.29 is 0 Å². The lowest BCUT2D eigenvalue weighted by molar-refractivity contribution is 0.148. The van der Waals surface area contributed by atoms with Crippen molar-refractivity contribution in [1.82, 2.24) is 30.0 Å². The van der Waals surface area contributed by atoms with Gasteiger partial charge in [0.25, 0.3) is 0 Å². The first-order valence-corrected chi connectivity index (χ1v) is 7.92. The number of H-pyrrole nitrogens is 1. The van der Waals surface area contributed by atoms with E-state index in [1.54, 1.807) is 18.6 Å². The fourth-order valence-corrected chi connectivity index (χ4v) is 3.08. The minimum atomic E-state index is 0.327. The molecule has 3 heterocycles. The molecule has 0 aliphatic carbocycles. The first kappa shape index (κ1) is 15.1. The van der Waals surface area contributed by atoms with Crippen LogP contribution in [0.1, 0.15) is 45.4 Å². The van der Waals surface area contributed by atoms with E-state index in [2.05, 4.69) is 50.8 Å². The summed E-state index contributed by atoms with van der Waals surface area (Å²) in [5.41, 5.74) is 1.04. The number of hydrogen-bond donors (Lipinski definition) is 1. The highest BCUT2D eigenvalue weighted by atomic mass is 15.2. The number of rotatable bonds is 3. The largest absolute Gasteiger partial charge is 0.302 e. The third-order valence-electron chi connectivity index (χ3n) is 3.89. The molecule has 118 valence electrons. The Morgan fingerprint density at radius 2 is 2.18 bits per heavy atom. The number of piperidine rings is 1. The Bertz CT molecular complexity index is 601. The van der Waals surface area contributed by atoms with Crippen LogP contribution in [0.15, 0.2) is 18.6 Å². The van der Waals surface area contributed by atoms with Crippen LogP contribution < -0.4 is 0 Å². The smallest absolute Gasteiger partial charge is 0.201 e. The number of hydrogen-bond acceptors (Lipinski definition) is 5. The Morgan fingerprint density at radius 1 is 1.32 bits per heavy atom. The molecule has 1 atom stereocenters. The van der Waals surface area contributed by atoms with E-state index in [0.29, 0.717) is 22.9 Å². The van der Waals surface area contributed by atoms with E-state index in [1.165, 1.54) is 13.0 Å². The molecule has 0 bridgehead atoms. The first-order valence-electron chi connectivity index (χ1n) is 7.92. The summed E-state index contributed by atoms with van der Waals surface area (Å²) in [4.78, 5) is 15.5. The number of aromatic amines is 1. The van der Waals surface area contributed by atoms with Gasteiger partial charge in [0.2, 0.25) is 5.82 Å². The van der Waals surface area contributed by atoms with E-state index in [9.17, 15) is 0 Å². The van der Waals surface area contributed by atoms with Crippen LogP contribution in [-0.2, 0) is 0 Å². The SMILES string of the molecule is CC(C)(C)CN1CCC[C@H](c2nc(-c3cnccn3)n[nH]2)C1. The maximum absolute atomic E-state index is 4.64. The Labute approximate surface area is 131 Å². The zero-order chi connectivity index (χ0) is 15.6. The average Bonchev–Trinajstić information content (AvgIpc) is 2.96. The summed E-state index contributed by atoms with van der Waals surface area (Å²) in [5, 5.41) is 7.41. The fraction of sp³-hybridized carbons (Fsp3) is 0.625. The maximum atomic E-state index is 4.64. The number of nitrogens with zero attached hydrogens (tertiary/aromatic N) is 5. The summed E-state index contributed by atoms with van der Waals surface area (Å²) in [7, 11) is 0. The van der Waals surface area contributed by atoms with Crippen molar-refractivity contribution >= 4 is 0 Å².